The number of methoxy groups -OCH3 is 2. The molecule has 3 aromatic carbocycles. The van der Waals surface area contributed by atoms with Gasteiger partial charge in [0.05, 0.1) is 25.8 Å². The Kier molecular flexibility index (Phi) is 7.79. The molecule has 0 radical (unpaired) electrons. The number of amides is 1. The fourth-order valence-electron chi connectivity index (χ4n) is 4.93. The average Bonchev–Trinajstić information content (AvgIpc) is 2.97. The Morgan fingerprint density at radius 1 is 0.949 bits per heavy atom. The summed E-state index contributed by atoms with van der Waals surface area (Å²) >= 11 is 0. The number of benzene rings is 3. The van der Waals surface area contributed by atoms with Crippen molar-refractivity contribution in [3.05, 3.63) is 77.9 Å². The Hall–Kier alpha value is -4.37. The number of hydrogen-bond acceptors (Lipinski definition) is 8. The summed E-state index contributed by atoms with van der Waals surface area (Å²) in [5, 5.41) is 3.88. The zero-order valence-electron chi connectivity index (χ0n) is 22.6. The largest absolute Gasteiger partial charge is 0.493 e. The van der Waals surface area contributed by atoms with Crippen LogP contribution in [0.15, 0.2) is 66.7 Å². The van der Waals surface area contributed by atoms with Gasteiger partial charge in [-0.1, -0.05) is 48.5 Å². The van der Waals surface area contributed by atoms with Crippen molar-refractivity contribution in [2.75, 3.05) is 56.3 Å². The third-order valence-corrected chi connectivity index (χ3v) is 7.26. The summed E-state index contributed by atoms with van der Waals surface area (Å²) in [6, 6.07) is 21.6. The predicted molar refractivity (Wildman–Crippen MR) is 155 cm³/mol. The van der Waals surface area contributed by atoms with Crippen molar-refractivity contribution in [2.24, 2.45) is 0 Å². The number of carbonyl (C=O) groups is 1. The van der Waals surface area contributed by atoms with Gasteiger partial charge in [-0.25, -0.2) is 4.98 Å². The molecule has 1 aliphatic heterocycles. The Morgan fingerprint density at radius 3 is 2.33 bits per heavy atom. The molecule has 3 N–H and O–H groups in total. The van der Waals surface area contributed by atoms with Gasteiger partial charge >= 0.3 is 0 Å². The van der Waals surface area contributed by atoms with Crippen LogP contribution in [0.25, 0.3) is 10.9 Å². The lowest BCUT2D eigenvalue weighted by molar-refractivity contribution is -0.120. The number of anilines is 3. The van der Waals surface area contributed by atoms with E-state index in [2.05, 4.69) is 38.3 Å². The number of nitrogen functional groups attached to an aromatic ring is 1. The molecule has 2 heterocycles. The van der Waals surface area contributed by atoms with Crippen LogP contribution in [0, 0.1) is 0 Å². The summed E-state index contributed by atoms with van der Waals surface area (Å²) in [4.78, 5) is 26.8. The van der Waals surface area contributed by atoms with Crippen molar-refractivity contribution >= 4 is 34.3 Å². The molecule has 5 rings (SSSR count). The van der Waals surface area contributed by atoms with E-state index in [-0.39, 0.29) is 11.9 Å². The zero-order valence-corrected chi connectivity index (χ0v) is 22.6. The van der Waals surface area contributed by atoms with Gasteiger partial charge in [-0.15, -0.1) is 0 Å². The van der Waals surface area contributed by atoms with Crippen LogP contribution in [0.1, 0.15) is 18.1 Å². The summed E-state index contributed by atoms with van der Waals surface area (Å²) in [5.74, 6) is 2.11. The molecule has 1 saturated heterocycles. The fourth-order valence-corrected chi connectivity index (χ4v) is 4.93. The summed E-state index contributed by atoms with van der Waals surface area (Å²) in [7, 11) is 3.17. The first kappa shape index (κ1) is 26.2. The fraction of sp³-hybridized carbons (Fsp3) is 0.300. The Balaban J connectivity index is 1.24. The van der Waals surface area contributed by atoms with E-state index in [1.807, 2.05) is 49.4 Å². The monoisotopic (exact) mass is 526 g/mol. The van der Waals surface area contributed by atoms with Crippen LogP contribution in [0.2, 0.25) is 0 Å². The number of aromatic nitrogens is 2. The standard InChI is InChI=1S/C30H34N6O3/c1-20(29(37)32-24-12-8-7-11-22(24)17-21-9-5-4-6-10-21)35-13-15-36(16-14-35)30-33-25-19-27(39-3)26(38-2)18-23(25)28(31)34-30/h4-12,18-20H,13-17H2,1-3H3,(H,32,37)(H2,31,33,34). The number of nitrogens with zero attached hydrogens (tertiary/aromatic N) is 4. The highest BCUT2D eigenvalue weighted by atomic mass is 16.5. The Morgan fingerprint density at radius 2 is 1.62 bits per heavy atom. The number of rotatable bonds is 8. The molecular weight excluding hydrogens is 492 g/mol. The highest BCUT2D eigenvalue weighted by Crippen LogP contribution is 2.34. The topological polar surface area (TPSA) is 106 Å². The van der Waals surface area contributed by atoms with Crippen molar-refractivity contribution in [3.8, 4) is 11.5 Å². The maximum atomic E-state index is 13.2. The molecule has 0 saturated carbocycles. The van der Waals surface area contributed by atoms with Crippen molar-refractivity contribution in [2.45, 2.75) is 19.4 Å². The maximum Gasteiger partial charge on any atom is 0.241 e. The van der Waals surface area contributed by atoms with Crippen LogP contribution in [-0.4, -0.2) is 67.2 Å². The number of piperazine rings is 1. The molecular formula is C30H34N6O3. The van der Waals surface area contributed by atoms with Crippen LogP contribution in [0.4, 0.5) is 17.5 Å². The first-order valence-corrected chi connectivity index (χ1v) is 13.1. The number of ether oxygens (including phenoxy) is 2. The van der Waals surface area contributed by atoms with E-state index in [1.165, 1.54) is 5.56 Å². The summed E-state index contributed by atoms with van der Waals surface area (Å²) < 4.78 is 10.8. The van der Waals surface area contributed by atoms with Gasteiger partial charge in [0.1, 0.15) is 5.82 Å². The van der Waals surface area contributed by atoms with Crippen LogP contribution >= 0.6 is 0 Å². The molecule has 4 aromatic rings. The molecule has 39 heavy (non-hydrogen) atoms. The van der Waals surface area contributed by atoms with E-state index in [0.29, 0.717) is 60.3 Å². The number of nitrogens with two attached hydrogens (primary N) is 1. The number of nitrogens with one attached hydrogen (secondary N) is 1. The smallest absolute Gasteiger partial charge is 0.241 e. The summed E-state index contributed by atoms with van der Waals surface area (Å²) in [5.41, 5.74) is 10.1. The molecule has 0 aliphatic carbocycles. The van der Waals surface area contributed by atoms with E-state index in [0.717, 1.165) is 17.7 Å². The lowest BCUT2D eigenvalue weighted by atomic mass is 10.0. The van der Waals surface area contributed by atoms with Crippen LogP contribution < -0.4 is 25.4 Å². The molecule has 1 aliphatic rings. The van der Waals surface area contributed by atoms with Crippen molar-refractivity contribution in [1.82, 2.24) is 14.9 Å². The first-order chi connectivity index (χ1) is 19.0. The maximum absolute atomic E-state index is 13.2. The van der Waals surface area contributed by atoms with Crippen molar-refractivity contribution in [1.29, 1.82) is 0 Å². The third kappa shape index (κ3) is 5.73. The number of carbonyl (C=O) groups excluding carboxylic acids is 1. The Bertz CT molecular complexity index is 1450. The van der Waals surface area contributed by atoms with Gasteiger partial charge in [-0.05, 0) is 36.6 Å². The number of fused-ring (bicyclic) bond motifs is 1. The van der Waals surface area contributed by atoms with Gasteiger partial charge in [0.15, 0.2) is 11.5 Å². The molecule has 1 amide bonds. The molecule has 9 heteroatoms. The summed E-state index contributed by atoms with van der Waals surface area (Å²) in [6.45, 7) is 4.72. The molecule has 1 atom stereocenters. The normalized spacial score (nSPS) is 14.7. The lowest BCUT2D eigenvalue weighted by Crippen LogP contribution is -2.53. The van der Waals surface area contributed by atoms with E-state index in [1.54, 1.807) is 20.3 Å². The second kappa shape index (κ2) is 11.6. The van der Waals surface area contributed by atoms with Gasteiger partial charge in [0, 0.05) is 43.3 Å². The van der Waals surface area contributed by atoms with Crippen LogP contribution in [0.5, 0.6) is 11.5 Å². The molecule has 0 bridgehead atoms. The van der Waals surface area contributed by atoms with Gasteiger partial charge < -0.3 is 25.4 Å². The first-order valence-electron chi connectivity index (χ1n) is 13.1. The highest BCUT2D eigenvalue weighted by molar-refractivity contribution is 5.95. The van der Waals surface area contributed by atoms with E-state index >= 15 is 0 Å². The molecule has 202 valence electrons. The van der Waals surface area contributed by atoms with E-state index in [4.69, 9.17) is 20.2 Å². The molecule has 0 spiro atoms. The van der Waals surface area contributed by atoms with Gasteiger partial charge in [-0.2, -0.15) is 4.98 Å². The average molecular weight is 527 g/mol. The van der Waals surface area contributed by atoms with E-state index < -0.39 is 0 Å². The van der Waals surface area contributed by atoms with Gasteiger partial charge in [0.25, 0.3) is 0 Å². The van der Waals surface area contributed by atoms with E-state index in [9.17, 15) is 4.79 Å². The second-order valence-corrected chi connectivity index (χ2v) is 9.64. The van der Waals surface area contributed by atoms with Crippen molar-refractivity contribution in [3.63, 3.8) is 0 Å². The quantitative estimate of drug-likeness (QED) is 0.355. The van der Waals surface area contributed by atoms with Gasteiger partial charge in [0.2, 0.25) is 11.9 Å². The minimum atomic E-state index is -0.281. The highest BCUT2D eigenvalue weighted by Gasteiger charge is 2.27. The number of hydrogen-bond donors (Lipinski definition) is 2. The third-order valence-electron chi connectivity index (χ3n) is 7.26. The molecule has 1 fully saturated rings. The summed E-state index contributed by atoms with van der Waals surface area (Å²) in [6.07, 6.45) is 0.762. The molecule has 1 unspecified atom stereocenters. The minimum absolute atomic E-state index is 0.0174. The predicted octanol–water partition coefficient (Wildman–Crippen LogP) is 3.97. The SMILES string of the molecule is COc1cc2nc(N3CCN(C(C)C(=O)Nc4ccccc4Cc4ccccc4)CC3)nc(N)c2cc1OC. The van der Waals surface area contributed by atoms with Gasteiger partial charge in [-0.3, -0.25) is 9.69 Å². The molecule has 9 nitrogen and oxygen atoms in total. The van der Waals surface area contributed by atoms with Crippen LogP contribution in [-0.2, 0) is 11.2 Å². The van der Waals surface area contributed by atoms with Crippen molar-refractivity contribution < 1.29 is 14.3 Å². The molecule has 1 aromatic heterocycles. The minimum Gasteiger partial charge on any atom is -0.493 e. The second-order valence-electron chi connectivity index (χ2n) is 9.64. The number of para-hydroxylation sites is 1. The van der Waals surface area contributed by atoms with Crippen LogP contribution in [0.3, 0.4) is 0 Å². The Labute approximate surface area is 228 Å². The zero-order chi connectivity index (χ0) is 27.4. The lowest BCUT2D eigenvalue weighted by Gasteiger charge is -2.37.